The van der Waals surface area contributed by atoms with Crippen LogP contribution in [0, 0.1) is 12.7 Å². The molecular weight excluding hydrogens is 383 g/mol. The van der Waals surface area contributed by atoms with Gasteiger partial charge in [-0.2, -0.15) is 0 Å². The van der Waals surface area contributed by atoms with Crippen molar-refractivity contribution in [2.45, 2.75) is 32.2 Å². The Morgan fingerprint density at radius 1 is 1.03 bits per heavy atom. The zero-order valence-electron chi connectivity index (χ0n) is 17.4. The van der Waals surface area contributed by atoms with Crippen LogP contribution in [0.2, 0.25) is 0 Å². The van der Waals surface area contributed by atoms with E-state index in [2.05, 4.69) is 10.2 Å². The summed E-state index contributed by atoms with van der Waals surface area (Å²) >= 11 is 0. The van der Waals surface area contributed by atoms with Crippen LogP contribution < -0.4 is 15.8 Å². The Morgan fingerprint density at radius 3 is 2.50 bits per heavy atom. The summed E-state index contributed by atoms with van der Waals surface area (Å²) in [7, 11) is 0. The number of nitrogens with zero attached hydrogens (tertiary/aromatic N) is 3. The smallest absolute Gasteiger partial charge is 0.263 e. The van der Waals surface area contributed by atoms with E-state index in [4.69, 9.17) is 0 Å². The summed E-state index contributed by atoms with van der Waals surface area (Å²) in [6.07, 6.45) is 4.43. The number of benzene rings is 1. The van der Waals surface area contributed by atoms with Crippen LogP contribution in [0.1, 0.15) is 41.2 Å². The van der Waals surface area contributed by atoms with E-state index in [1.807, 2.05) is 19.2 Å². The number of hydrogen-bond acceptors (Lipinski definition) is 4. The van der Waals surface area contributed by atoms with Crippen LogP contribution >= 0.6 is 0 Å². The molecule has 3 heterocycles. The van der Waals surface area contributed by atoms with E-state index in [1.54, 1.807) is 21.6 Å². The molecule has 2 aliphatic rings. The first-order valence-electron chi connectivity index (χ1n) is 10.8. The maximum absolute atomic E-state index is 13.3. The molecular formula is C23H29FN4O2. The van der Waals surface area contributed by atoms with Crippen LogP contribution in [0.5, 0.6) is 0 Å². The van der Waals surface area contributed by atoms with Gasteiger partial charge in [0.1, 0.15) is 11.4 Å². The topological polar surface area (TPSA) is 57.6 Å². The molecule has 7 heteroatoms. The molecule has 2 aliphatic heterocycles. The molecule has 0 saturated carbocycles. The molecule has 0 radical (unpaired) electrons. The summed E-state index contributed by atoms with van der Waals surface area (Å²) in [6.45, 7) is 6.21. The number of pyridine rings is 1. The third-order valence-electron chi connectivity index (χ3n) is 6.22. The lowest BCUT2D eigenvalue weighted by Crippen LogP contribution is -2.41. The van der Waals surface area contributed by atoms with E-state index in [1.165, 1.54) is 12.1 Å². The maximum atomic E-state index is 13.3. The van der Waals surface area contributed by atoms with Crippen molar-refractivity contribution in [2.24, 2.45) is 0 Å². The molecule has 4 rings (SSSR count). The van der Waals surface area contributed by atoms with Crippen molar-refractivity contribution in [2.75, 3.05) is 44.2 Å². The van der Waals surface area contributed by atoms with Crippen molar-refractivity contribution in [3.05, 3.63) is 63.8 Å². The van der Waals surface area contributed by atoms with Crippen LogP contribution in [-0.2, 0) is 0 Å². The van der Waals surface area contributed by atoms with Gasteiger partial charge >= 0.3 is 0 Å². The summed E-state index contributed by atoms with van der Waals surface area (Å²) in [5, 5.41) is 3.32. The molecule has 2 aromatic rings. The van der Waals surface area contributed by atoms with E-state index in [9.17, 15) is 14.0 Å². The Kier molecular flexibility index (Phi) is 6.18. The monoisotopic (exact) mass is 412 g/mol. The van der Waals surface area contributed by atoms with Crippen LogP contribution in [-0.4, -0.2) is 54.6 Å². The van der Waals surface area contributed by atoms with Crippen molar-refractivity contribution in [1.82, 2.24) is 14.8 Å². The van der Waals surface area contributed by atoms with Crippen LogP contribution in [0.3, 0.4) is 0 Å². The minimum Gasteiger partial charge on any atom is -0.370 e. The first-order chi connectivity index (χ1) is 14.5. The first kappa shape index (κ1) is 20.6. The summed E-state index contributed by atoms with van der Waals surface area (Å²) in [6, 6.07) is 8.49. The van der Waals surface area contributed by atoms with Crippen molar-refractivity contribution in [3.8, 4) is 0 Å². The highest BCUT2D eigenvalue weighted by Crippen LogP contribution is 2.20. The third kappa shape index (κ3) is 4.26. The number of hydrogen-bond donors (Lipinski definition) is 1. The lowest BCUT2D eigenvalue weighted by atomic mass is 10.0. The van der Waals surface area contributed by atoms with Gasteiger partial charge in [-0.1, -0.05) is 0 Å². The van der Waals surface area contributed by atoms with Crippen molar-refractivity contribution in [3.63, 3.8) is 0 Å². The van der Waals surface area contributed by atoms with E-state index in [0.717, 1.165) is 50.1 Å². The molecule has 2 fully saturated rings. The highest BCUT2D eigenvalue weighted by Gasteiger charge is 2.26. The second-order valence-corrected chi connectivity index (χ2v) is 8.18. The lowest BCUT2D eigenvalue weighted by Gasteiger charge is -2.27. The van der Waals surface area contributed by atoms with Gasteiger partial charge in [0.15, 0.2) is 0 Å². The number of piperidine rings is 1. The predicted octanol–water partition coefficient (Wildman–Crippen LogP) is 2.57. The van der Waals surface area contributed by atoms with Gasteiger partial charge in [-0.15, -0.1) is 0 Å². The largest absolute Gasteiger partial charge is 0.370 e. The fraction of sp³-hybridized carbons (Fsp3) is 0.478. The molecule has 0 unspecified atom stereocenters. The Balaban J connectivity index is 1.53. The van der Waals surface area contributed by atoms with Gasteiger partial charge in [-0.25, -0.2) is 4.39 Å². The van der Waals surface area contributed by atoms with Crippen LogP contribution in [0.25, 0.3) is 0 Å². The quantitative estimate of drug-likeness (QED) is 0.842. The molecule has 1 amide bonds. The van der Waals surface area contributed by atoms with Gasteiger partial charge in [0, 0.05) is 44.1 Å². The molecule has 2 saturated heterocycles. The minimum absolute atomic E-state index is 0.143. The number of anilines is 1. The summed E-state index contributed by atoms with van der Waals surface area (Å²) in [5.41, 5.74) is 1.81. The van der Waals surface area contributed by atoms with Gasteiger partial charge in [0.25, 0.3) is 11.5 Å². The zero-order chi connectivity index (χ0) is 21.1. The number of aromatic nitrogens is 1. The van der Waals surface area contributed by atoms with Crippen LogP contribution in [0.4, 0.5) is 10.1 Å². The van der Waals surface area contributed by atoms with Crippen molar-refractivity contribution < 1.29 is 9.18 Å². The summed E-state index contributed by atoms with van der Waals surface area (Å²) in [5.74, 6) is -0.434. The Morgan fingerprint density at radius 2 is 1.77 bits per heavy atom. The first-order valence-corrected chi connectivity index (χ1v) is 10.8. The normalized spacial score (nSPS) is 18.3. The number of amides is 1. The van der Waals surface area contributed by atoms with Gasteiger partial charge in [-0.05, 0) is 75.2 Å². The molecule has 0 aliphatic carbocycles. The summed E-state index contributed by atoms with van der Waals surface area (Å²) in [4.78, 5) is 30.5. The standard InChI is InChI=1S/C23H29FN4O2/c1-17-9-14-28(20-7-10-25-11-8-20)23(30)21(17)22(29)27-13-2-12-26(15-16-27)19-5-3-18(24)4-6-19/h3-6,9,14,20,25H,2,7-8,10-13,15-16H2,1H3. The minimum atomic E-state index is -0.255. The molecule has 0 bridgehead atoms. The number of carbonyl (C=O) groups is 1. The fourth-order valence-corrected chi connectivity index (χ4v) is 4.46. The Hall–Kier alpha value is -2.67. The average Bonchev–Trinajstić information content (AvgIpc) is 3.01. The Labute approximate surface area is 176 Å². The molecule has 0 spiro atoms. The molecule has 160 valence electrons. The number of nitrogens with one attached hydrogen (secondary N) is 1. The molecule has 0 atom stereocenters. The average molecular weight is 413 g/mol. The molecule has 1 aromatic heterocycles. The van der Waals surface area contributed by atoms with Gasteiger partial charge < -0.3 is 19.7 Å². The molecule has 1 aromatic carbocycles. The Bertz CT molecular complexity index is 951. The number of halogens is 1. The van der Waals surface area contributed by atoms with Gasteiger partial charge in [0.2, 0.25) is 0 Å². The second-order valence-electron chi connectivity index (χ2n) is 8.18. The molecule has 6 nitrogen and oxygen atoms in total. The number of aryl methyl sites for hydroxylation is 1. The van der Waals surface area contributed by atoms with Gasteiger partial charge in [0.05, 0.1) is 0 Å². The number of carbonyl (C=O) groups excluding carboxylic acids is 1. The van der Waals surface area contributed by atoms with Gasteiger partial charge in [-0.3, -0.25) is 9.59 Å². The van der Waals surface area contributed by atoms with E-state index in [0.29, 0.717) is 25.2 Å². The molecule has 30 heavy (non-hydrogen) atoms. The molecule has 1 N–H and O–H groups in total. The van der Waals surface area contributed by atoms with E-state index >= 15 is 0 Å². The summed E-state index contributed by atoms with van der Waals surface area (Å²) < 4.78 is 15.0. The lowest BCUT2D eigenvalue weighted by molar-refractivity contribution is 0.0763. The SMILES string of the molecule is Cc1ccn(C2CCNCC2)c(=O)c1C(=O)N1CCCN(c2ccc(F)cc2)CC1. The highest BCUT2D eigenvalue weighted by molar-refractivity contribution is 5.95. The van der Waals surface area contributed by atoms with Crippen LogP contribution in [0.15, 0.2) is 41.3 Å². The predicted molar refractivity (Wildman–Crippen MR) is 116 cm³/mol. The second kappa shape index (κ2) is 9.00. The fourth-order valence-electron chi connectivity index (χ4n) is 4.46. The number of rotatable bonds is 3. The van der Waals surface area contributed by atoms with E-state index in [-0.39, 0.29) is 23.3 Å². The zero-order valence-corrected chi connectivity index (χ0v) is 17.4. The van der Waals surface area contributed by atoms with Crippen molar-refractivity contribution >= 4 is 11.6 Å². The maximum Gasteiger partial charge on any atom is 0.263 e. The van der Waals surface area contributed by atoms with E-state index < -0.39 is 0 Å². The highest BCUT2D eigenvalue weighted by atomic mass is 19.1. The van der Waals surface area contributed by atoms with Crippen molar-refractivity contribution in [1.29, 1.82) is 0 Å². The third-order valence-corrected chi connectivity index (χ3v) is 6.22.